The molecular formula is C27H30N2OS. The van der Waals surface area contributed by atoms with Gasteiger partial charge in [-0.05, 0) is 67.9 Å². The van der Waals surface area contributed by atoms with Crippen molar-refractivity contribution in [1.82, 2.24) is 10.3 Å². The highest BCUT2D eigenvalue weighted by atomic mass is 32.2. The van der Waals surface area contributed by atoms with Gasteiger partial charge in [0.15, 0.2) is 0 Å². The smallest absolute Gasteiger partial charge is 0.226 e. The van der Waals surface area contributed by atoms with Crippen molar-refractivity contribution in [3.63, 3.8) is 0 Å². The molecule has 31 heavy (non-hydrogen) atoms. The lowest BCUT2D eigenvalue weighted by Crippen LogP contribution is -2.53. The number of aromatic nitrogens is 1. The number of thioether (sulfide) groups is 1. The molecule has 4 fully saturated rings. The van der Waals surface area contributed by atoms with Gasteiger partial charge in [-0.1, -0.05) is 48.5 Å². The van der Waals surface area contributed by atoms with E-state index in [-0.39, 0.29) is 5.41 Å². The lowest BCUT2D eigenvalue weighted by Gasteiger charge is -2.55. The average molecular weight is 431 g/mol. The Balaban J connectivity index is 1.15. The number of benzene rings is 2. The number of rotatable bonds is 6. The first kappa shape index (κ1) is 19.5. The highest BCUT2D eigenvalue weighted by molar-refractivity contribution is 7.99. The number of carbonyl (C=O) groups is 1. The predicted octanol–water partition coefficient (Wildman–Crippen LogP) is 6.26. The molecule has 1 aromatic heterocycles. The number of carbonyl (C=O) groups excluding carboxylic acids is 1. The second kappa shape index (κ2) is 7.74. The van der Waals surface area contributed by atoms with Crippen LogP contribution in [0.5, 0.6) is 0 Å². The quantitative estimate of drug-likeness (QED) is 0.358. The topological polar surface area (TPSA) is 44.9 Å². The van der Waals surface area contributed by atoms with Crippen LogP contribution in [0.3, 0.4) is 0 Å². The van der Waals surface area contributed by atoms with Gasteiger partial charge in [0.1, 0.15) is 0 Å². The third-order valence-electron chi connectivity index (χ3n) is 7.87. The van der Waals surface area contributed by atoms with E-state index < -0.39 is 0 Å². The zero-order chi connectivity index (χ0) is 20.8. The van der Waals surface area contributed by atoms with Gasteiger partial charge in [0.25, 0.3) is 0 Å². The zero-order valence-corrected chi connectivity index (χ0v) is 18.7. The third-order valence-corrected chi connectivity index (χ3v) is 9.00. The summed E-state index contributed by atoms with van der Waals surface area (Å²) in [5.74, 6) is 3.66. The van der Waals surface area contributed by atoms with E-state index in [2.05, 4.69) is 64.9 Å². The van der Waals surface area contributed by atoms with Gasteiger partial charge < -0.3 is 10.3 Å². The molecule has 2 aromatic carbocycles. The van der Waals surface area contributed by atoms with Crippen molar-refractivity contribution in [2.24, 2.45) is 23.2 Å². The maximum Gasteiger partial charge on any atom is 0.226 e. The third kappa shape index (κ3) is 3.49. The first-order valence-corrected chi connectivity index (χ1v) is 12.8. The van der Waals surface area contributed by atoms with Gasteiger partial charge >= 0.3 is 0 Å². The Bertz CT molecular complexity index is 1070. The Labute approximate surface area is 188 Å². The molecule has 4 saturated carbocycles. The lowest BCUT2D eigenvalue weighted by atomic mass is 9.49. The van der Waals surface area contributed by atoms with Gasteiger partial charge in [-0.2, -0.15) is 0 Å². The van der Waals surface area contributed by atoms with Crippen LogP contribution in [0, 0.1) is 23.2 Å². The van der Waals surface area contributed by atoms with Crippen molar-refractivity contribution < 1.29 is 4.79 Å². The van der Waals surface area contributed by atoms with E-state index in [1.807, 2.05) is 11.8 Å². The molecule has 4 heteroatoms. The van der Waals surface area contributed by atoms with Crippen LogP contribution in [0.25, 0.3) is 22.2 Å². The maximum atomic E-state index is 13.2. The molecule has 3 nitrogen and oxygen atoms in total. The van der Waals surface area contributed by atoms with E-state index in [1.165, 1.54) is 46.3 Å². The molecule has 4 aliphatic rings. The largest absolute Gasteiger partial charge is 0.355 e. The van der Waals surface area contributed by atoms with Gasteiger partial charge in [0, 0.05) is 33.5 Å². The van der Waals surface area contributed by atoms with Crippen LogP contribution in [0.1, 0.15) is 38.5 Å². The number of amides is 1. The second-order valence-corrected chi connectivity index (χ2v) is 11.1. The molecule has 2 N–H and O–H groups in total. The van der Waals surface area contributed by atoms with Crippen molar-refractivity contribution in [2.75, 3.05) is 12.3 Å². The Morgan fingerprint density at radius 1 is 0.935 bits per heavy atom. The summed E-state index contributed by atoms with van der Waals surface area (Å²) in [7, 11) is 0. The van der Waals surface area contributed by atoms with Crippen molar-refractivity contribution >= 4 is 28.6 Å². The predicted molar refractivity (Wildman–Crippen MR) is 128 cm³/mol. The van der Waals surface area contributed by atoms with Gasteiger partial charge in [-0.25, -0.2) is 0 Å². The summed E-state index contributed by atoms with van der Waals surface area (Å²) in [6, 6.07) is 19.0. The summed E-state index contributed by atoms with van der Waals surface area (Å²) in [6.07, 6.45) is 7.55. The highest BCUT2D eigenvalue weighted by Crippen LogP contribution is 2.60. The molecule has 4 aliphatic carbocycles. The van der Waals surface area contributed by atoms with Crippen LogP contribution in [0.2, 0.25) is 0 Å². The zero-order valence-electron chi connectivity index (χ0n) is 17.9. The lowest BCUT2D eigenvalue weighted by molar-refractivity contribution is -0.146. The van der Waals surface area contributed by atoms with Crippen LogP contribution in [0.4, 0.5) is 0 Å². The Hall–Kier alpha value is -2.20. The van der Waals surface area contributed by atoms with Gasteiger partial charge in [-0.15, -0.1) is 11.8 Å². The monoisotopic (exact) mass is 430 g/mol. The molecule has 0 radical (unpaired) electrons. The van der Waals surface area contributed by atoms with E-state index in [1.54, 1.807) is 0 Å². The molecule has 4 bridgehead atoms. The van der Waals surface area contributed by atoms with E-state index >= 15 is 0 Å². The minimum Gasteiger partial charge on any atom is -0.355 e. The number of hydrogen-bond donors (Lipinski definition) is 2. The van der Waals surface area contributed by atoms with E-state index in [4.69, 9.17) is 0 Å². The summed E-state index contributed by atoms with van der Waals surface area (Å²) >= 11 is 1.85. The molecule has 160 valence electrons. The van der Waals surface area contributed by atoms with Crippen LogP contribution in [0.15, 0.2) is 59.5 Å². The summed E-state index contributed by atoms with van der Waals surface area (Å²) in [5, 5.41) is 4.60. The number of hydrogen-bond acceptors (Lipinski definition) is 2. The second-order valence-electron chi connectivity index (χ2n) is 10.0. The Kier molecular flexibility index (Phi) is 4.86. The van der Waals surface area contributed by atoms with Gasteiger partial charge in [-0.3, -0.25) is 4.79 Å². The van der Waals surface area contributed by atoms with Crippen molar-refractivity contribution in [1.29, 1.82) is 0 Å². The Morgan fingerprint density at radius 2 is 1.58 bits per heavy atom. The summed E-state index contributed by atoms with van der Waals surface area (Å²) < 4.78 is 0. The van der Waals surface area contributed by atoms with E-state index in [0.29, 0.717) is 5.91 Å². The first-order valence-electron chi connectivity index (χ1n) is 11.8. The van der Waals surface area contributed by atoms with Crippen LogP contribution < -0.4 is 5.32 Å². The summed E-state index contributed by atoms with van der Waals surface area (Å²) in [6.45, 7) is 0.735. The SMILES string of the molecule is O=C(NCCSc1c(-c2ccccc2)[nH]c2ccccc12)C12CC3CC(CC(C3)C1)C2. The highest BCUT2D eigenvalue weighted by Gasteiger charge is 2.54. The van der Waals surface area contributed by atoms with E-state index in [9.17, 15) is 4.79 Å². The molecule has 0 atom stereocenters. The molecule has 1 amide bonds. The minimum atomic E-state index is -0.0462. The van der Waals surface area contributed by atoms with Crippen LogP contribution in [-0.4, -0.2) is 23.2 Å². The van der Waals surface area contributed by atoms with Gasteiger partial charge in [0.2, 0.25) is 5.91 Å². The Morgan fingerprint density at radius 3 is 2.29 bits per heavy atom. The molecule has 0 aliphatic heterocycles. The number of fused-ring (bicyclic) bond motifs is 1. The molecular weight excluding hydrogens is 400 g/mol. The van der Waals surface area contributed by atoms with Gasteiger partial charge in [0.05, 0.1) is 5.69 Å². The van der Waals surface area contributed by atoms with Crippen LogP contribution >= 0.6 is 11.8 Å². The standard InChI is InChI=1S/C27H30N2OS/c30-26(27-15-18-12-19(16-27)14-20(13-18)17-27)28-10-11-31-25-22-8-4-5-9-23(22)29-24(25)21-6-2-1-3-7-21/h1-9,18-20,29H,10-17H2,(H,28,30). The van der Waals surface area contributed by atoms with Crippen molar-refractivity contribution in [3.8, 4) is 11.3 Å². The fourth-order valence-electron chi connectivity index (χ4n) is 6.97. The van der Waals surface area contributed by atoms with Crippen molar-refractivity contribution in [3.05, 3.63) is 54.6 Å². The van der Waals surface area contributed by atoms with E-state index in [0.717, 1.165) is 49.3 Å². The average Bonchev–Trinajstić information content (AvgIpc) is 3.15. The number of nitrogens with one attached hydrogen (secondary N) is 2. The fraction of sp³-hybridized carbons (Fsp3) is 0.444. The fourth-order valence-corrected chi connectivity index (χ4v) is 8.02. The molecule has 0 spiro atoms. The summed E-state index contributed by atoms with van der Waals surface area (Å²) in [5.41, 5.74) is 3.51. The molecule has 0 saturated heterocycles. The number of H-pyrrole nitrogens is 1. The molecule has 1 heterocycles. The molecule has 0 unspecified atom stereocenters. The maximum absolute atomic E-state index is 13.2. The first-order chi connectivity index (χ1) is 15.2. The number of para-hydroxylation sites is 1. The number of aromatic amines is 1. The minimum absolute atomic E-state index is 0.0462. The summed E-state index contributed by atoms with van der Waals surface area (Å²) in [4.78, 5) is 18.1. The molecule has 7 rings (SSSR count). The van der Waals surface area contributed by atoms with Crippen molar-refractivity contribution in [2.45, 2.75) is 43.4 Å². The molecule has 3 aromatic rings. The van der Waals surface area contributed by atoms with Crippen LogP contribution in [-0.2, 0) is 4.79 Å². The normalized spacial score (nSPS) is 28.8.